The Balaban J connectivity index is 1.46. The van der Waals surface area contributed by atoms with E-state index in [-0.39, 0.29) is 18.4 Å². The van der Waals surface area contributed by atoms with E-state index in [1.54, 1.807) is 18.7 Å². The van der Waals surface area contributed by atoms with Crippen LogP contribution in [0.25, 0.3) is 11.1 Å². The Kier molecular flexibility index (Phi) is 6.64. The highest BCUT2D eigenvalue weighted by atomic mass is 16.5. The summed E-state index contributed by atoms with van der Waals surface area (Å²) >= 11 is 0. The predicted octanol–water partition coefficient (Wildman–Crippen LogP) is 4.41. The topological polar surface area (TPSA) is 95.9 Å². The van der Waals surface area contributed by atoms with Gasteiger partial charge in [0.05, 0.1) is 5.92 Å². The lowest BCUT2D eigenvalue weighted by molar-refractivity contribution is -0.144. The van der Waals surface area contributed by atoms with Crippen LogP contribution in [0.4, 0.5) is 4.79 Å². The highest BCUT2D eigenvalue weighted by Gasteiger charge is 2.45. The first kappa shape index (κ1) is 23.8. The molecule has 1 fully saturated rings. The Hall–Kier alpha value is -3.35. The first-order chi connectivity index (χ1) is 16.3. The van der Waals surface area contributed by atoms with E-state index in [9.17, 15) is 19.5 Å². The van der Waals surface area contributed by atoms with E-state index in [2.05, 4.69) is 29.6 Å². The van der Waals surface area contributed by atoms with Crippen molar-refractivity contribution in [3.63, 3.8) is 0 Å². The number of nitrogens with one attached hydrogen (secondary N) is 1. The number of carboxylic acid groups (broad SMARTS) is 1. The Morgan fingerprint density at radius 3 is 2.21 bits per heavy atom. The maximum Gasteiger partial charge on any atom is 0.408 e. The van der Waals surface area contributed by atoms with E-state index < -0.39 is 29.6 Å². The van der Waals surface area contributed by atoms with E-state index in [0.29, 0.717) is 25.8 Å². The monoisotopic (exact) mass is 464 g/mol. The zero-order valence-electron chi connectivity index (χ0n) is 19.9. The van der Waals surface area contributed by atoms with Crippen LogP contribution in [0.15, 0.2) is 48.5 Å². The normalized spacial score (nSPS) is 20.9. The van der Waals surface area contributed by atoms with Crippen LogP contribution in [0.1, 0.15) is 57.1 Å². The number of hydrogen-bond acceptors (Lipinski definition) is 4. The highest BCUT2D eigenvalue weighted by molar-refractivity contribution is 5.90. The van der Waals surface area contributed by atoms with Gasteiger partial charge in [-0.05, 0) is 48.9 Å². The minimum Gasteiger partial charge on any atom is -0.481 e. The van der Waals surface area contributed by atoms with Crippen molar-refractivity contribution in [2.24, 2.45) is 5.92 Å². The zero-order valence-corrected chi connectivity index (χ0v) is 19.9. The fourth-order valence-electron chi connectivity index (χ4n) is 5.46. The van der Waals surface area contributed by atoms with Crippen molar-refractivity contribution >= 4 is 18.0 Å². The van der Waals surface area contributed by atoms with Gasteiger partial charge in [0, 0.05) is 18.5 Å². The van der Waals surface area contributed by atoms with Gasteiger partial charge in [-0.25, -0.2) is 4.79 Å². The highest BCUT2D eigenvalue weighted by Crippen LogP contribution is 2.44. The van der Waals surface area contributed by atoms with Crippen molar-refractivity contribution in [2.45, 2.75) is 57.5 Å². The summed E-state index contributed by atoms with van der Waals surface area (Å²) in [6.07, 6.45) is 0.871. The third-order valence-electron chi connectivity index (χ3n) is 7.28. The second kappa shape index (κ2) is 9.49. The summed E-state index contributed by atoms with van der Waals surface area (Å²) in [4.78, 5) is 39.4. The predicted molar refractivity (Wildman–Crippen MR) is 128 cm³/mol. The molecule has 0 radical (unpaired) electrons. The van der Waals surface area contributed by atoms with Crippen molar-refractivity contribution in [3.8, 4) is 11.1 Å². The van der Waals surface area contributed by atoms with Crippen molar-refractivity contribution in [2.75, 3.05) is 13.2 Å². The summed E-state index contributed by atoms with van der Waals surface area (Å²) in [5, 5.41) is 12.2. The number of carboxylic acids is 1. The van der Waals surface area contributed by atoms with Gasteiger partial charge in [0.25, 0.3) is 0 Å². The van der Waals surface area contributed by atoms with Crippen molar-refractivity contribution in [1.82, 2.24) is 10.2 Å². The average Bonchev–Trinajstić information content (AvgIpc) is 3.35. The number of aliphatic carboxylic acids is 1. The smallest absolute Gasteiger partial charge is 0.408 e. The fourth-order valence-corrected chi connectivity index (χ4v) is 5.46. The minimum absolute atomic E-state index is 0.0683. The van der Waals surface area contributed by atoms with Crippen LogP contribution >= 0.6 is 0 Å². The Labute approximate surface area is 200 Å². The standard InChI is InChI=1S/C27H32N2O5/c1-4-14-27(3,25(32)29-15-13-18(17(29)2)24(30)31)28-26(33)34-16-23-21-11-7-5-9-19(21)20-10-6-8-12-22(20)23/h5-12,17-18,23H,4,13-16H2,1-3H3,(H,28,33)(H,30,31). The lowest BCUT2D eigenvalue weighted by Crippen LogP contribution is -2.59. The largest absolute Gasteiger partial charge is 0.481 e. The van der Waals surface area contributed by atoms with Gasteiger partial charge in [0.1, 0.15) is 12.1 Å². The maximum atomic E-state index is 13.4. The molecule has 34 heavy (non-hydrogen) atoms. The van der Waals surface area contributed by atoms with Crippen LogP contribution in [0.2, 0.25) is 0 Å². The number of fused-ring (bicyclic) bond motifs is 3. The molecule has 180 valence electrons. The number of benzene rings is 2. The molecule has 1 aliphatic carbocycles. The fraction of sp³-hybridized carbons (Fsp3) is 0.444. The second-order valence-corrected chi connectivity index (χ2v) is 9.51. The molecule has 0 bridgehead atoms. The van der Waals surface area contributed by atoms with Gasteiger partial charge in [-0.15, -0.1) is 0 Å². The second-order valence-electron chi connectivity index (χ2n) is 9.51. The number of alkyl carbamates (subject to hydrolysis) is 1. The van der Waals surface area contributed by atoms with Crippen molar-refractivity contribution in [3.05, 3.63) is 59.7 Å². The molecular weight excluding hydrogens is 432 g/mol. The zero-order chi connectivity index (χ0) is 24.5. The van der Waals surface area contributed by atoms with E-state index in [0.717, 1.165) is 22.3 Å². The van der Waals surface area contributed by atoms with Gasteiger partial charge in [0.2, 0.25) is 5.91 Å². The number of amides is 2. The van der Waals surface area contributed by atoms with Gasteiger partial charge in [-0.2, -0.15) is 0 Å². The first-order valence-corrected chi connectivity index (χ1v) is 11.9. The molecule has 4 rings (SSSR count). The summed E-state index contributed by atoms with van der Waals surface area (Å²) in [6, 6.07) is 15.8. The number of ether oxygens (including phenoxy) is 1. The molecule has 0 spiro atoms. The molecule has 2 N–H and O–H groups in total. The quantitative estimate of drug-likeness (QED) is 0.633. The lowest BCUT2D eigenvalue weighted by Gasteiger charge is -2.35. The van der Waals surface area contributed by atoms with E-state index in [4.69, 9.17) is 4.74 Å². The van der Waals surface area contributed by atoms with Crippen LogP contribution in [-0.4, -0.2) is 52.7 Å². The number of hydrogen-bond donors (Lipinski definition) is 2. The molecular formula is C27H32N2O5. The van der Waals surface area contributed by atoms with Gasteiger partial charge in [0.15, 0.2) is 0 Å². The molecule has 2 aromatic carbocycles. The lowest BCUT2D eigenvalue weighted by atomic mass is 9.93. The van der Waals surface area contributed by atoms with Crippen LogP contribution in [0, 0.1) is 5.92 Å². The van der Waals surface area contributed by atoms with E-state index in [1.165, 1.54) is 0 Å². The van der Waals surface area contributed by atoms with Crippen LogP contribution < -0.4 is 5.32 Å². The van der Waals surface area contributed by atoms with E-state index >= 15 is 0 Å². The molecule has 1 heterocycles. The number of likely N-dealkylation sites (tertiary alicyclic amines) is 1. The molecule has 2 aliphatic rings. The van der Waals surface area contributed by atoms with Crippen molar-refractivity contribution in [1.29, 1.82) is 0 Å². The molecule has 2 amide bonds. The van der Waals surface area contributed by atoms with Gasteiger partial charge < -0.3 is 20.1 Å². The molecule has 1 aliphatic heterocycles. The number of nitrogens with zero attached hydrogens (tertiary/aromatic N) is 1. The van der Waals surface area contributed by atoms with Crippen molar-refractivity contribution < 1.29 is 24.2 Å². The molecule has 3 atom stereocenters. The summed E-state index contributed by atoms with van der Waals surface area (Å²) in [5.41, 5.74) is 3.37. The molecule has 0 aromatic heterocycles. The third kappa shape index (κ3) is 4.27. The summed E-state index contributed by atoms with van der Waals surface area (Å²) in [6.45, 7) is 5.92. The maximum absolute atomic E-state index is 13.4. The average molecular weight is 465 g/mol. The molecule has 2 aromatic rings. The third-order valence-corrected chi connectivity index (χ3v) is 7.28. The molecule has 1 saturated heterocycles. The SMILES string of the molecule is CCCC(C)(NC(=O)OCC1c2ccccc2-c2ccccc21)C(=O)N1CCC(C(=O)O)C1C. The minimum atomic E-state index is -1.17. The Morgan fingerprint density at radius 2 is 1.68 bits per heavy atom. The number of carbonyl (C=O) groups excluding carboxylic acids is 2. The molecule has 0 saturated carbocycles. The summed E-state index contributed by atoms with van der Waals surface area (Å²) in [5.74, 6) is -1.82. The number of carbonyl (C=O) groups is 3. The van der Waals surface area contributed by atoms with Gasteiger partial charge in [-0.3, -0.25) is 9.59 Å². The first-order valence-electron chi connectivity index (χ1n) is 11.9. The van der Waals surface area contributed by atoms with Crippen LogP contribution in [0.3, 0.4) is 0 Å². The number of rotatable bonds is 7. The van der Waals surface area contributed by atoms with Crippen LogP contribution in [0.5, 0.6) is 0 Å². The summed E-state index contributed by atoms with van der Waals surface area (Å²) in [7, 11) is 0. The summed E-state index contributed by atoms with van der Waals surface area (Å²) < 4.78 is 5.67. The molecule has 7 heteroatoms. The van der Waals surface area contributed by atoms with Crippen LogP contribution in [-0.2, 0) is 14.3 Å². The van der Waals surface area contributed by atoms with Gasteiger partial charge >= 0.3 is 12.1 Å². The van der Waals surface area contributed by atoms with Gasteiger partial charge in [-0.1, -0.05) is 61.9 Å². The molecule has 3 unspecified atom stereocenters. The Bertz CT molecular complexity index is 1050. The molecule has 7 nitrogen and oxygen atoms in total. The van der Waals surface area contributed by atoms with E-state index in [1.807, 2.05) is 31.2 Å². The Morgan fingerprint density at radius 1 is 1.09 bits per heavy atom.